The first-order chi connectivity index (χ1) is 10.1. The number of aliphatic imine (C=N–C) groups is 2. The van der Waals surface area contributed by atoms with Gasteiger partial charge in [-0.15, -0.1) is 0 Å². The molecular formula is C14H17N3O4. The van der Waals surface area contributed by atoms with E-state index in [0.29, 0.717) is 37.1 Å². The number of nitriles is 1. The van der Waals surface area contributed by atoms with Crippen LogP contribution < -0.4 is 0 Å². The average Bonchev–Trinajstić information content (AvgIpc) is 3.16. The molecule has 0 unspecified atom stereocenters. The monoisotopic (exact) mass is 291 g/mol. The van der Waals surface area contributed by atoms with E-state index >= 15 is 0 Å². The summed E-state index contributed by atoms with van der Waals surface area (Å²) in [6.45, 7) is 0. The number of methoxy groups -OCH3 is 2. The fraction of sp³-hybridized carbons (Fsp3) is 0.643. The van der Waals surface area contributed by atoms with Crippen LogP contribution in [0, 0.1) is 17.2 Å². The maximum Gasteiger partial charge on any atom is 0.330 e. The Kier molecular flexibility index (Phi) is 4.68. The molecule has 0 radical (unpaired) electrons. The summed E-state index contributed by atoms with van der Waals surface area (Å²) in [7, 11) is 2.64. The second kappa shape index (κ2) is 6.48. The maximum atomic E-state index is 11.5. The molecule has 0 aromatic heterocycles. The van der Waals surface area contributed by atoms with Crippen LogP contribution in [0.1, 0.15) is 25.7 Å². The van der Waals surface area contributed by atoms with Crippen molar-refractivity contribution in [1.29, 1.82) is 5.26 Å². The number of hydrogen-bond acceptors (Lipinski definition) is 7. The van der Waals surface area contributed by atoms with Crippen molar-refractivity contribution in [3.63, 3.8) is 0 Å². The number of carbonyl (C=O) groups excluding carboxylic acids is 2. The van der Waals surface area contributed by atoms with Gasteiger partial charge in [0.25, 0.3) is 0 Å². The van der Waals surface area contributed by atoms with E-state index in [4.69, 9.17) is 0 Å². The van der Waals surface area contributed by atoms with Gasteiger partial charge in [-0.1, -0.05) is 0 Å². The van der Waals surface area contributed by atoms with E-state index < -0.39 is 18.0 Å². The van der Waals surface area contributed by atoms with Crippen LogP contribution in [0.4, 0.5) is 0 Å². The minimum atomic E-state index is -0.561. The molecule has 2 aliphatic heterocycles. The maximum absolute atomic E-state index is 11.5. The number of hydrogen-bond donors (Lipinski definition) is 0. The van der Waals surface area contributed by atoms with Crippen LogP contribution in [0.25, 0.3) is 0 Å². The topological polar surface area (TPSA) is 101 Å². The first-order valence-corrected chi connectivity index (χ1v) is 6.79. The molecule has 2 rings (SSSR count). The number of ether oxygens (including phenoxy) is 2. The quantitative estimate of drug-likeness (QED) is 0.709. The first-order valence-electron chi connectivity index (χ1n) is 6.79. The SMILES string of the molecule is COC(=O)[C@@H]1CCC(C(C#N)C2=N[C@H](C(=O)OC)CC2)=N1. The summed E-state index contributed by atoms with van der Waals surface area (Å²) in [5.74, 6) is -1.33. The minimum Gasteiger partial charge on any atom is -0.467 e. The smallest absolute Gasteiger partial charge is 0.330 e. The van der Waals surface area contributed by atoms with E-state index in [1.807, 2.05) is 0 Å². The van der Waals surface area contributed by atoms with E-state index in [-0.39, 0.29) is 11.9 Å². The third-order valence-electron chi connectivity index (χ3n) is 3.73. The fourth-order valence-corrected chi connectivity index (χ4v) is 2.62. The second-order valence-electron chi connectivity index (χ2n) is 4.96. The lowest BCUT2D eigenvalue weighted by Crippen LogP contribution is -2.21. The Labute approximate surface area is 122 Å². The molecule has 0 aliphatic carbocycles. The van der Waals surface area contributed by atoms with Gasteiger partial charge in [0, 0.05) is 11.4 Å². The molecule has 0 aromatic rings. The summed E-state index contributed by atoms with van der Waals surface area (Å²) in [6, 6.07) is 1.12. The molecular weight excluding hydrogens is 274 g/mol. The van der Waals surface area contributed by atoms with Crippen LogP contribution in [0.5, 0.6) is 0 Å². The van der Waals surface area contributed by atoms with Gasteiger partial charge in [-0.2, -0.15) is 5.26 Å². The van der Waals surface area contributed by atoms with Crippen LogP contribution in [-0.2, 0) is 19.1 Å². The molecule has 0 fully saturated rings. The number of rotatable bonds is 4. The highest BCUT2D eigenvalue weighted by Crippen LogP contribution is 2.25. The lowest BCUT2D eigenvalue weighted by molar-refractivity contribution is -0.142. The Bertz CT molecular complexity index is 505. The van der Waals surface area contributed by atoms with E-state index in [1.54, 1.807) is 0 Å². The summed E-state index contributed by atoms with van der Waals surface area (Å²) >= 11 is 0. The van der Waals surface area contributed by atoms with Crippen molar-refractivity contribution >= 4 is 23.4 Å². The van der Waals surface area contributed by atoms with Crippen LogP contribution in [0.15, 0.2) is 9.98 Å². The van der Waals surface area contributed by atoms with Gasteiger partial charge in [0.1, 0.15) is 18.0 Å². The molecule has 112 valence electrons. The molecule has 2 aliphatic rings. The van der Waals surface area contributed by atoms with Crippen molar-refractivity contribution in [3.8, 4) is 6.07 Å². The van der Waals surface area contributed by atoms with E-state index in [1.165, 1.54) is 14.2 Å². The van der Waals surface area contributed by atoms with Gasteiger partial charge in [-0.3, -0.25) is 9.98 Å². The van der Waals surface area contributed by atoms with Crippen LogP contribution in [-0.4, -0.2) is 49.7 Å². The van der Waals surface area contributed by atoms with Gasteiger partial charge in [-0.25, -0.2) is 9.59 Å². The molecule has 0 saturated carbocycles. The highest BCUT2D eigenvalue weighted by Gasteiger charge is 2.35. The van der Waals surface area contributed by atoms with Gasteiger partial charge in [0.15, 0.2) is 0 Å². The zero-order valence-electron chi connectivity index (χ0n) is 12.0. The molecule has 0 aromatic carbocycles. The molecule has 2 atom stereocenters. The Hall–Kier alpha value is -2.23. The van der Waals surface area contributed by atoms with E-state index in [2.05, 4.69) is 25.5 Å². The number of nitrogens with zero attached hydrogens (tertiary/aromatic N) is 3. The molecule has 21 heavy (non-hydrogen) atoms. The zero-order chi connectivity index (χ0) is 15.4. The van der Waals surface area contributed by atoms with E-state index in [0.717, 1.165) is 0 Å². The predicted octanol–water partition coefficient (Wildman–Crippen LogP) is 0.679. The minimum absolute atomic E-state index is 0.387. The Morgan fingerprint density at radius 2 is 1.52 bits per heavy atom. The largest absolute Gasteiger partial charge is 0.467 e. The molecule has 0 amide bonds. The second-order valence-corrected chi connectivity index (χ2v) is 4.96. The third-order valence-corrected chi connectivity index (χ3v) is 3.73. The van der Waals surface area contributed by atoms with Crippen molar-refractivity contribution in [2.24, 2.45) is 15.9 Å². The van der Waals surface area contributed by atoms with Crippen molar-refractivity contribution in [3.05, 3.63) is 0 Å². The molecule has 0 spiro atoms. The van der Waals surface area contributed by atoms with Crippen molar-refractivity contribution in [2.75, 3.05) is 14.2 Å². The summed E-state index contributed by atoms with van der Waals surface area (Å²) < 4.78 is 9.33. The molecule has 2 heterocycles. The standard InChI is InChI=1S/C14H17N3O4/c1-20-13(18)11-5-3-9(16-11)8(7-15)10-4-6-12(17-10)14(19)21-2/h8,11-12H,3-6H2,1-2H3/t11-,12-/m0/s1. The van der Waals surface area contributed by atoms with Crippen molar-refractivity contribution < 1.29 is 19.1 Å². The molecule has 7 nitrogen and oxygen atoms in total. The Morgan fingerprint density at radius 3 is 1.86 bits per heavy atom. The van der Waals surface area contributed by atoms with Crippen LogP contribution in [0.3, 0.4) is 0 Å². The Balaban J connectivity index is 2.13. The molecule has 0 N–H and O–H groups in total. The summed E-state index contributed by atoms with van der Waals surface area (Å²) in [5.41, 5.74) is 1.30. The third kappa shape index (κ3) is 3.10. The normalized spacial score (nSPS) is 24.3. The Morgan fingerprint density at radius 1 is 1.10 bits per heavy atom. The fourth-order valence-electron chi connectivity index (χ4n) is 2.62. The van der Waals surface area contributed by atoms with Crippen LogP contribution >= 0.6 is 0 Å². The molecule has 7 heteroatoms. The predicted molar refractivity (Wildman–Crippen MR) is 74.0 cm³/mol. The van der Waals surface area contributed by atoms with Gasteiger partial charge in [-0.05, 0) is 25.7 Å². The average molecular weight is 291 g/mol. The number of esters is 2. The molecule has 0 bridgehead atoms. The van der Waals surface area contributed by atoms with Crippen LogP contribution in [0.2, 0.25) is 0 Å². The van der Waals surface area contributed by atoms with Crippen molar-refractivity contribution in [2.45, 2.75) is 37.8 Å². The lowest BCUT2D eigenvalue weighted by atomic mass is 9.95. The first kappa shape index (κ1) is 15.2. The summed E-state index contributed by atoms with van der Waals surface area (Å²) in [6.07, 6.45) is 2.24. The number of carbonyl (C=O) groups is 2. The lowest BCUT2D eigenvalue weighted by Gasteiger charge is -2.08. The van der Waals surface area contributed by atoms with Gasteiger partial charge in [0.05, 0.1) is 20.3 Å². The molecule has 0 saturated heterocycles. The zero-order valence-corrected chi connectivity index (χ0v) is 12.0. The summed E-state index contributed by atoms with van der Waals surface area (Å²) in [5, 5.41) is 9.37. The summed E-state index contributed by atoms with van der Waals surface area (Å²) in [4.78, 5) is 31.5. The van der Waals surface area contributed by atoms with E-state index in [9.17, 15) is 14.9 Å². The van der Waals surface area contributed by atoms with Crippen molar-refractivity contribution in [1.82, 2.24) is 0 Å². The van der Waals surface area contributed by atoms with Gasteiger partial charge < -0.3 is 9.47 Å². The highest BCUT2D eigenvalue weighted by atomic mass is 16.5. The van der Waals surface area contributed by atoms with Gasteiger partial charge in [0.2, 0.25) is 0 Å². The van der Waals surface area contributed by atoms with Gasteiger partial charge >= 0.3 is 11.9 Å². The highest BCUT2D eigenvalue weighted by molar-refractivity contribution is 6.12.